The normalized spacial score (nSPS) is 22.4. The van der Waals surface area contributed by atoms with Crippen LogP contribution >= 0.6 is 0 Å². The number of amides is 1. The zero-order valence-corrected chi connectivity index (χ0v) is 12.1. The first-order valence-corrected chi connectivity index (χ1v) is 7.40. The predicted octanol–water partition coefficient (Wildman–Crippen LogP) is 1.32. The van der Waals surface area contributed by atoms with Crippen molar-refractivity contribution in [2.45, 2.75) is 38.6 Å². The van der Waals surface area contributed by atoms with Crippen LogP contribution in [0.4, 0.5) is 0 Å². The molecule has 2 aromatic heterocycles. The zero-order valence-electron chi connectivity index (χ0n) is 12.1. The fourth-order valence-electron chi connectivity index (χ4n) is 2.90. The fourth-order valence-corrected chi connectivity index (χ4v) is 2.90. The van der Waals surface area contributed by atoms with Crippen LogP contribution in [-0.4, -0.2) is 38.3 Å². The molecule has 0 saturated heterocycles. The van der Waals surface area contributed by atoms with Crippen LogP contribution in [0.5, 0.6) is 0 Å². The Balaban J connectivity index is 1.68. The van der Waals surface area contributed by atoms with Gasteiger partial charge in [-0.05, 0) is 50.7 Å². The van der Waals surface area contributed by atoms with E-state index in [1.165, 1.54) is 0 Å². The minimum atomic E-state index is -0.0579. The molecule has 3 rings (SSSR count). The highest BCUT2D eigenvalue weighted by Crippen LogP contribution is 2.23. The molecule has 6 nitrogen and oxygen atoms in total. The summed E-state index contributed by atoms with van der Waals surface area (Å²) in [6.45, 7) is 2.11. The molecule has 2 aromatic rings. The Morgan fingerprint density at radius 1 is 1.33 bits per heavy atom. The van der Waals surface area contributed by atoms with Crippen LogP contribution in [0.15, 0.2) is 18.3 Å². The van der Waals surface area contributed by atoms with E-state index in [1.807, 2.05) is 11.3 Å². The van der Waals surface area contributed by atoms with Crippen molar-refractivity contribution in [1.29, 1.82) is 0 Å². The highest BCUT2D eigenvalue weighted by Gasteiger charge is 2.22. The van der Waals surface area contributed by atoms with Crippen LogP contribution in [0.25, 0.3) is 5.65 Å². The lowest BCUT2D eigenvalue weighted by Gasteiger charge is -2.27. The van der Waals surface area contributed by atoms with Crippen LogP contribution in [0, 0.1) is 12.8 Å². The molecule has 2 heterocycles. The number of aliphatic hydroxyl groups excluding tert-OH is 1. The number of nitrogens with zero attached hydrogens (tertiary/aromatic N) is 3. The number of carbonyl (C=O) groups excluding carboxylic acids is 1. The van der Waals surface area contributed by atoms with Gasteiger partial charge in [0.05, 0.1) is 5.56 Å². The number of rotatable bonds is 3. The molecule has 2 N–H and O–H groups in total. The highest BCUT2D eigenvalue weighted by atomic mass is 16.3. The van der Waals surface area contributed by atoms with Crippen LogP contribution in [-0.2, 0) is 0 Å². The van der Waals surface area contributed by atoms with Gasteiger partial charge in [0.2, 0.25) is 0 Å². The Hall–Kier alpha value is -1.95. The summed E-state index contributed by atoms with van der Waals surface area (Å²) in [5.74, 6) is 1.11. The number of aryl methyl sites for hydroxylation is 1. The number of aliphatic hydroxyl groups is 1. The first-order valence-electron chi connectivity index (χ1n) is 7.40. The second-order valence-electron chi connectivity index (χ2n) is 5.77. The molecule has 1 amide bonds. The zero-order chi connectivity index (χ0) is 14.8. The van der Waals surface area contributed by atoms with Crippen molar-refractivity contribution in [3.05, 3.63) is 29.7 Å². The first-order chi connectivity index (χ1) is 10.2. The Morgan fingerprint density at radius 2 is 2.10 bits per heavy atom. The number of fused-ring (bicyclic) bond motifs is 1. The standard InChI is InChI=1S/C15H20N4O2/c1-10-17-18-14-7-4-12(8-19(10)14)15(21)16-13-5-2-11(9-20)3-6-13/h4,7-8,11,13,20H,2-3,5-6,9H2,1H3,(H,16,21). The molecular formula is C15H20N4O2. The van der Waals surface area contributed by atoms with Crippen molar-refractivity contribution in [3.63, 3.8) is 0 Å². The van der Waals surface area contributed by atoms with Crippen molar-refractivity contribution in [1.82, 2.24) is 19.9 Å². The Labute approximate surface area is 123 Å². The molecule has 1 fully saturated rings. The Kier molecular flexibility index (Phi) is 3.88. The van der Waals surface area contributed by atoms with Crippen LogP contribution < -0.4 is 5.32 Å². The molecule has 0 spiro atoms. The Bertz CT molecular complexity index is 644. The number of hydrogen-bond donors (Lipinski definition) is 2. The summed E-state index contributed by atoms with van der Waals surface area (Å²) in [6.07, 6.45) is 5.60. The molecule has 0 atom stereocenters. The topological polar surface area (TPSA) is 79.5 Å². The van der Waals surface area contributed by atoms with Gasteiger partial charge in [-0.2, -0.15) is 0 Å². The second-order valence-corrected chi connectivity index (χ2v) is 5.77. The van der Waals surface area contributed by atoms with Crippen molar-refractivity contribution in [2.24, 2.45) is 5.92 Å². The van der Waals surface area contributed by atoms with Crippen molar-refractivity contribution in [3.8, 4) is 0 Å². The van der Waals surface area contributed by atoms with Crippen molar-refractivity contribution in [2.75, 3.05) is 6.61 Å². The number of carbonyl (C=O) groups is 1. The van der Waals surface area contributed by atoms with E-state index in [0.717, 1.165) is 37.2 Å². The maximum Gasteiger partial charge on any atom is 0.252 e. The molecule has 1 aliphatic carbocycles. The lowest BCUT2D eigenvalue weighted by molar-refractivity contribution is 0.0913. The van der Waals surface area contributed by atoms with Gasteiger partial charge in [-0.25, -0.2) is 0 Å². The van der Waals surface area contributed by atoms with Gasteiger partial charge in [0.15, 0.2) is 5.65 Å². The van der Waals surface area contributed by atoms with Gasteiger partial charge in [-0.1, -0.05) is 0 Å². The second kappa shape index (κ2) is 5.81. The number of hydrogen-bond acceptors (Lipinski definition) is 4. The average molecular weight is 288 g/mol. The summed E-state index contributed by atoms with van der Waals surface area (Å²) in [4.78, 5) is 12.3. The van der Waals surface area contributed by atoms with Gasteiger partial charge in [0.1, 0.15) is 5.82 Å². The van der Waals surface area contributed by atoms with Crippen molar-refractivity contribution < 1.29 is 9.90 Å². The monoisotopic (exact) mass is 288 g/mol. The van der Waals surface area contributed by atoms with E-state index in [-0.39, 0.29) is 18.6 Å². The SMILES string of the molecule is Cc1nnc2ccc(C(=O)NC3CCC(CO)CC3)cn12. The van der Waals surface area contributed by atoms with E-state index in [0.29, 0.717) is 11.5 Å². The molecular weight excluding hydrogens is 268 g/mol. The molecule has 0 radical (unpaired) electrons. The fraction of sp³-hybridized carbons (Fsp3) is 0.533. The molecule has 0 unspecified atom stereocenters. The van der Waals surface area contributed by atoms with E-state index >= 15 is 0 Å². The van der Waals surface area contributed by atoms with Crippen molar-refractivity contribution >= 4 is 11.6 Å². The third kappa shape index (κ3) is 2.90. The number of pyridine rings is 1. The van der Waals surface area contributed by atoms with Gasteiger partial charge < -0.3 is 10.4 Å². The maximum absolute atomic E-state index is 12.3. The van der Waals surface area contributed by atoms with E-state index < -0.39 is 0 Å². The average Bonchev–Trinajstić information content (AvgIpc) is 2.89. The smallest absolute Gasteiger partial charge is 0.252 e. The minimum Gasteiger partial charge on any atom is -0.396 e. The van der Waals surface area contributed by atoms with Crippen LogP contribution in [0.3, 0.4) is 0 Å². The largest absolute Gasteiger partial charge is 0.396 e. The summed E-state index contributed by atoms with van der Waals surface area (Å²) in [6, 6.07) is 3.79. The van der Waals surface area contributed by atoms with Crippen LogP contribution in [0.2, 0.25) is 0 Å². The molecule has 1 saturated carbocycles. The van der Waals surface area contributed by atoms with Gasteiger partial charge in [0, 0.05) is 18.8 Å². The van der Waals surface area contributed by atoms with Gasteiger partial charge in [0.25, 0.3) is 5.91 Å². The first kappa shape index (κ1) is 14.0. The third-order valence-electron chi connectivity index (χ3n) is 4.28. The van der Waals surface area contributed by atoms with Gasteiger partial charge >= 0.3 is 0 Å². The summed E-state index contributed by atoms with van der Waals surface area (Å²) < 4.78 is 1.82. The molecule has 0 bridgehead atoms. The summed E-state index contributed by atoms with van der Waals surface area (Å²) in [5.41, 5.74) is 1.36. The Morgan fingerprint density at radius 3 is 2.81 bits per heavy atom. The van der Waals surface area contributed by atoms with Gasteiger partial charge in [-0.3, -0.25) is 9.20 Å². The van der Waals surface area contributed by atoms with E-state index in [4.69, 9.17) is 5.11 Å². The number of aromatic nitrogens is 3. The molecule has 1 aliphatic rings. The number of nitrogens with one attached hydrogen (secondary N) is 1. The predicted molar refractivity (Wildman–Crippen MR) is 78.0 cm³/mol. The maximum atomic E-state index is 12.3. The molecule has 0 aliphatic heterocycles. The molecule has 6 heteroatoms. The summed E-state index contributed by atoms with van der Waals surface area (Å²) in [7, 11) is 0. The summed E-state index contributed by atoms with van der Waals surface area (Å²) >= 11 is 0. The lowest BCUT2D eigenvalue weighted by Crippen LogP contribution is -2.38. The highest BCUT2D eigenvalue weighted by molar-refractivity contribution is 5.94. The summed E-state index contributed by atoms with van der Waals surface area (Å²) in [5, 5.41) is 20.2. The van der Waals surface area contributed by atoms with E-state index in [9.17, 15) is 4.79 Å². The van der Waals surface area contributed by atoms with E-state index in [1.54, 1.807) is 18.3 Å². The third-order valence-corrected chi connectivity index (χ3v) is 4.28. The minimum absolute atomic E-state index is 0.0579. The van der Waals surface area contributed by atoms with E-state index in [2.05, 4.69) is 15.5 Å². The molecule has 112 valence electrons. The molecule has 21 heavy (non-hydrogen) atoms. The van der Waals surface area contributed by atoms with Crippen LogP contribution in [0.1, 0.15) is 41.9 Å². The van der Waals surface area contributed by atoms with Gasteiger partial charge in [-0.15, -0.1) is 10.2 Å². The molecule has 0 aromatic carbocycles. The quantitative estimate of drug-likeness (QED) is 0.892. The lowest BCUT2D eigenvalue weighted by atomic mass is 9.86.